The van der Waals surface area contributed by atoms with Gasteiger partial charge in [-0.15, -0.1) is 24.0 Å². The number of amides is 1. The summed E-state index contributed by atoms with van der Waals surface area (Å²) in [6.45, 7) is 3.24. The first-order chi connectivity index (χ1) is 12.3. The van der Waals surface area contributed by atoms with Crippen LogP contribution in [0.4, 0.5) is 13.2 Å². The first-order valence-corrected chi connectivity index (χ1v) is 9.34. The van der Waals surface area contributed by atoms with Crippen LogP contribution in [0.5, 0.6) is 0 Å². The van der Waals surface area contributed by atoms with Gasteiger partial charge in [0.15, 0.2) is 5.96 Å². The summed E-state index contributed by atoms with van der Waals surface area (Å²) in [6, 6.07) is 0.230. The largest absolute Gasteiger partial charge is 0.401 e. The second-order valence-corrected chi connectivity index (χ2v) is 7.16. The van der Waals surface area contributed by atoms with E-state index in [2.05, 4.69) is 22.5 Å². The van der Waals surface area contributed by atoms with E-state index in [0.717, 1.165) is 19.4 Å². The fourth-order valence-electron chi connectivity index (χ4n) is 3.64. The van der Waals surface area contributed by atoms with Crippen LogP contribution in [0.1, 0.15) is 39.0 Å². The van der Waals surface area contributed by atoms with Crippen LogP contribution >= 0.6 is 24.0 Å². The summed E-state index contributed by atoms with van der Waals surface area (Å²) in [6.07, 6.45) is 0.144. The minimum Gasteiger partial charge on any atom is -0.356 e. The summed E-state index contributed by atoms with van der Waals surface area (Å²) in [5.74, 6) is 0.667. The van der Waals surface area contributed by atoms with E-state index in [-0.39, 0.29) is 35.9 Å². The predicted molar refractivity (Wildman–Crippen MR) is 110 cm³/mol. The minimum absolute atomic E-state index is 0. The van der Waals surface area contributed by atoms with Crippen molar-refractivity contribution in [1.29, 1.82) is 0 Å². The molecule has 2 unspecified atom stereocenters. The molecule has 2 aliphatic rings. The SMILES string of the molecule is CN=C(NCCC(=O)N1CCCCC1C)NC1CCN(CC(F)(F)F)C1.I. The number of carbonyl (C=O) groups excluding carboxylic acids is 1. The number of carbonyl (C=O) groups is 1. The monoisotopic (exact) mass is 505 g/mol. The molecule has 6 nitrogen and oxygen atoms in total. The zero-order chi connectivity index (χ0) is 19.2. The fraction of sp³-hybridized carbons (Fsp3) is 0.882. The lowest BCUT2D eigenvalue weighted by Crippen LogP contribution is -2.47. The molecule has 158 valence electrons. The maximum absolute atomic E-state index is 12.5. The number of nitrogens with one attached hydrogen (secondary N) is 2. The van der Waals surface area contributed by atoms with Crippen molar-refractivity contribution in [2.45, 2.75) is 57.3 Å². The Morgan fingerprint density at radius 1 is 1.22 bits per heavy atom. The van der Waals surface area contributed by atoms with Crippen LogP contribution in [0.15, 0.2) is 4.99 Å². The molecule has 10 heteroatoms. The molecule has 2 saturated heterocycles. The Balaban J connectivity index is 0.00000364. The highest BCUT2D eigenvalue weighted by molar-refractivity contribution is 14.0. The first kappa shape index (κ1) is 24.3. The molecule has 0 radical (unpaired) electrons. The van der Waals surface area contributed by atoms with Crippen molar-refractivity contribution in [2.24, 2.45) is 4.99 Å². The molecule has 2 N–H and O–H groups in total. The van der Waals surface area contributed by atoms with Gasteiger partial charge in [0.05, 0.1) is 6.54 Å². The number of alkyl halides is 3. The van der Waals surface area contributed by atoms with Crippen molar-refractivity contribution in [3.8, 4) is 0 Å². The van der Waals surface area contributed by atoms with Crippen molar-refractivity contribution >= 4 is 35.8 Å². The van der Waals surface area contributed by atoms with Crippen molar-refractivity contribution in [1.82, 2.24) is 20.4 Å². The predicted octanol–water partition coefficient (Wildman–Crippen LogP) is 2.20. The van der Waals surface area contributed by atoms with Gasteiger partial charge in [-0.3, -0.25) is 14.7 Å². The van der Waals surface area contributed by atoms with Crippen molar-refractivity contribution in [2.75, 3.05) is 39.8 Å². The molecule has 2 heterocycles. The van der Waals surface area contributed by atoms with E-state index in [9.17, 15) is 18.0 Å². The van der Waals surface area contributed by atoms with Crippen molar-refractivity contribution in [3.63, 3.8) is 0 Å². The zero-order valence-electron chi connectivity index (χ0n) is 16.0. The third kappa shape index (κ3) is 8.41. The molecular weight excluding hydrogens is 474 g/mol. The van der Waals surface area contributed by atoms with Crippen LogP contribution in [0.25, 0.3) is 0 Å². The van der Waals surface area contributed by atoms with E-state index in [1.165, 1.54) is 11.3 Å². The van der Waals surface area contributed by atoms with Crippen molar-refractivity contribution in [3.05, 3.63) is 0 Å². The topological polar surface area (TPSA) is 60.0 Å². The van der Waals surface area contributed by atoms with Gasteiger partial charge in [0.25, 0.3) is 0 Å². The van der Waals surface area contributed by atoms with E-state index in [0.29, 0.717) is 44.5 Å². The summed E-state index contributed by atoms with van der Waals surface area (Å²) < 4.78 is 37.4. The maximum atomic E-state index is 12.5. The number of hydrogen-bond donors (Lipinski definition) is 2. The summed E-state index contributed by atoms with van der Waals surface area (Å²) in [5.41, 5.74) is 0. The lowest BCUT2D eigenvalue weighted by atomic mass is 10.0. The number of piperidine rings is 1. The summed E-state index contributed by atoms with van der Waals surface area (Å²) in [5, 5.41) is 6.24. The van der Waals surface area contributed by atoms with Gasteiger partial charge >= 0.3 is 6.18 Å². The molecular formula is C17H31F3IN5O. The molecule has 0 aromatic rings. The number of rotatable bonds is 5. The molecule has 0 aromatic heterocycles. The molecule has 0 aliphatic carbocycles. The lowest BCUT2D eigenvalue weighted by molar-refractivity contribution is -0.143. The molecule has 1 amide bonds. The highest BCUT2D eigenvalue weighted by Crippen LogP contribution is 2.20. The molecule has 2 aliphatic heterocycles. The molecule has 2 atom stereocenters. The Morgan fingerprint density at radius 3 is 2.59 bits per heavy atom. The van der Waals surface area contributed by atoms with Crippen LogP contribution in [0.3, 0.4) is 0 Å². The van der Waals surface area contributed by atoms with Crippen molar-refractivity contribution < 1.29 is 18.0 Å². The minimum atomic E-state index is -4.17. The van der Waals surface area contributed by atoms with Crippen LogP contribution in [0, 0.1) is 0 Å². The second-order valence-electron chi connectivity index (χ2n) is 7.16. The first-order valence-electron chi connectivity index (χ1n) is 9.34. The summed E-state index contributed by atoms with van der Waals surface area (Å²) in [7, 11) is 1.62. The van der Waals surface area contributed by atoms with Crippen LogP contribution in [0.2, 0.25) is 0 Å². The lowest BCUT2D eigenvalue weighted by Gasteiger charge is -2.33. The van der Waals surface area contributed by atoms with Gasteiger partial charge in [0, 0.05) is 51.7 Å². The Bertz CT molecular complexity index is 503. The average Bonchev–Trinajstić information content (AvgIpc) is 2.99. The zero-order valence-corrected chi connectivity index (χ0v) is 18.3. The molecule has 0 aromatic carbocycles. The molecule has 2 fully saturated rings. The highest BCUT2D eigenvalue weighted by Gasteiger charge is 2.34. The smallest absolute Gasteiger partial charge is 0.356 e. The second kappa shape index (κ2) is 11.3. The number of nitrogens with zero attached hydrogens (tertiary/aromatic N) is 3. The number of aliphatic imine (C=N–C) groups is 1. The molecule has 2 rings (SSSR count). The Morgan fingerprint density at radius 2 is 1.96 bits per heavy atom. The third-order valence-electron chi connectivity index (χ3n) is 4.99. The van der Waals surface area contributed by atoms with Gasteiger partial charge < -0.3 is 15.5 Å². The van der Waals surface area contributed by atoms with Crippen LogP contribution in [-0.4, -0.2) is 79.7 Å². The summed E-state index contributed by atoms with van der Waals surface area (Å²) in [4.78, 5) is 19.7. The number of guanidine groups is 1. The Labute approximate surface area is 176 Å². The number of hydrogen-bond acceptors (Lipinski definition) is 3. The Hall–Kier alpha value is -0.780. The average molecular weight is 505 g/mol. The van der Waals surface area contributed by atoms with E-state index in [1.54, 1.807) is 7.05 Å². The van der Waals surface area contributed by atoms with Crippen LogP contribution < -0.4 is 10.6 Å². The van der Waals surface area contributed by atoms with Gasteiger partial charge in [-0.05, 0) is 32.6 Å². The molecule has 0 bridgehead atoms. The van der Waals surface area contributed by atoms with E-state index < -0.39 is 12.7 Å². The standard InChI is InChI=1S/C17H30F3N5O.HI/c1-13-5-3-4-9-25(13)15(26)6-8-22-16(21-2)23-14-7-10-24(11-14)12-17(18,19)20;/h13-14H,3-12H2,1-2H3,(H2,21,22,23);1H. The molecule has 27 heavy (non-hydrogen) atoms. The van der Waals surface area contributed by atoms with E-state index >= 15 is 0 Å². The van der Waals surface area contributed by atoms with Gasteiger partial charge in [-0.1, -0.05) is 0 Å². The van der Waals surface area contributed by atoms with Gasteiger partial charge in [-0.2, -0.15) is 13.2 Å². The molecule has 0 spiro atoms. The molecule has 0 saturated carbocycles. The Kier molecular flexibility index (Phi) is 10.1. The number of halogens is 4. The highest BCUT2D eigenvalue weighted by atomic mass is 127. The van der Waals surface area contributed by atoms with Gasteiger partial charge in [0.1, 0.15) is 0 Å². The van der Waals surface area contributed by atoms with Crippen LogP contribution in [-0.2, 0) is 4.79 Å². The fourth-order valence-corrected chi connectivity index (χ4v) is 3.64. The van der Waals surface area contributed by atoms with E-state index in [4.69, 9.17) is 0 Å². The number of likely N-dealkylation sites (tertiary alicyclic amines) is 2. The summed E-state index contributed by atoms with van der Waals surface area (Å²) >= 11 is 0. The van der Waals surface area contributed by atoms with E-state index in [1.807, 2.05) is 4.90 Å². The maximum Gasteiger partial charge on any atom is 0.401 e. The van der Waals surface area contributed by atoms with Gasteiger partial charge in [-0.25, -0.2) is 0 Å². The quantitative estimate of drug-likeness (QED) is 0.342. The normalized spacial score (nSPS) is 24.5. The van der Waals surface area contributed by atoms with Gasteiger partial charge in [0.2, 0.25) is 5.91 Å². The third-order valence-corrected chi connectivity index (χ3v) is 4.99.